The number of aliphatic carboxylic acids is 1. The number of carbonyl (C=O) groups excluding carboxylic acids is 1. The van der Waals surface area contributed by atoms with E-state index in [0.29, 0.717) is 25.9 Å². The molecule has 0 atom stereocenters. The van der Waals surface area contributed by atoms with Gasteiger partial charge in [0.2, 0.25) is 0 Å². The van der Waals surface area contributed by atoms with Crippen LogP contribution >= 0.6 is 0 Å². The maximum Gasteiger partial charge on any atom is 0.331 e. The predicted molar refractivity (Wildman–Crippen MR) is 93.7 cm³/mol. The lowest BCUT2D eigenvalue weighted by molar-refractivity contribution is -0.150. The zero-order valence-corrected chi connectivity index (χ0v) is 15.2. The standard InChI is InChI=1S/C18H23N5O3/c1-17(2,3)14-6-10-23(21-14)18(16(25)26)7-11-22(12-8-18)15(24)13-5-4-9-19-20-13/h4-6,9-10H,7-8,11-12H2,1-3H3,(H,25,26). The number of amides is 1. The molecule has 0 unspecified atom stereocenters. The molecule has 2 aromatic heterocycles. The fraction of sp³-hybridized carbons (Fsp3) is 0.500. The molecule has 8 nitrogen and oxygen atoms in total. The second-order valence-corrected chi connectivity index (χ2v) is 7.63. The Morgan fingerprint density at radius 2 is 1.88 bits per heavy atom. The van der Waals surface area contributed by atoms with E-state index in [1.54, 1.807) is 27.9 Å². The summed E-state index contributed by atoms with van der Waals surface area (Å²) in [6, 6.07) is 5.13. The molecule has 26 heavy (non-hydrogen) atoms. The lowest BCUT2D eigenvalue weighted by Gasteiger charge is -2.38. The minimum Gasteiger partial charge on any atom is -0.479 e. The van der Waals surface area contributed by atoms with Gasteiger partial charge in [-0.05, 0) is 18.2 Å². The number of hydrogen-bond donors (Lipinski definition) is 1. The fourth-order valence-electron chi connectivity index (χ4n) is 3.16. The Balaban J connectivity index is 1.80. The average molecular weight is 357 g/mol. The molecular weight excluding hydrogens is 334 g/mol. The zero-order valence-electron chi connectivity index (χ0n) is 15.2. The summed E-state index contributed by atoms with van der Waals surface area (Å²) in [5.74, 6) is -1.15. The van der Waals surface area contributed by atoms with Crippen LogP contribution in [0.5, 0.6) is 0 Å². The van der Waals surface area contributed by atoms with Crippen molar-refractivity contribution in [3.8, 4) is 0 Å². The largest absolute Gasteiger partial charge is 0.479 e. The van der Waals surface area contributed by atoms with Gasteiger partial charge in [-0.3, -0.25) is 9.48 Å². The van der Waals surface area contributed by atoms with E-state index < -0.39 is 11.5 Å². The lowest BCUT2D eigenvalue weighted by Crippen LogP contribution is -2.52. The number of aromatic nitrogens is 4. The van der Waals surface area contributed by atoms with Gasteiger partial charge in [-0.15, -0.1) is 5.10 Å². The molecule has 0 spiro atoms. The minimum absolute atomic E-state index is 0.159. The van der Waals surface area contributed by atoms with Crippen LogP contribution in [0, 0.1) is 0 Å². The van der Waals surface area contributed by atoms with Crippen molar-refractivity contribution < 1.29 is 14.7 Å². The van der Waals surface area contributed by atoms with E-state index in [2.05, 4.69) is 15.3 Å². The molecule has 3 heterocycles. The van der Waals surface area contributed by atoms with Crippen molar-refractivity contribution in [1.29, 1.82) is 0 Å². The van der Waals surface area contributed by atoms with Crippen LogP contribution in [0.4, 0.5) is 0 Å². The first-order chi connectivity index (χ1) is 12.2. The number of piperidine rings is 1. The molecule has 0 bridgehead atoms. The monoisotopic (exact) mass is 357 g/mol. The quantitative estimate of drug-likeness (QED) is 0.897. The topological polar surface area (TPSA) is 101 Å². The Morgan fingerprint density at radius 3 is 2.38 bits per heavy atom. The molecule has 1 N–H and O–H groups in total. The third kappa shape index (κ3) is 3.18. The Labute approximate surface area is 151 Å². The smallest absolute Gasteiger partial charge is 0.331 e. The third-order valence-electron chi connectivity index (χ3n) is 4.86. The van der Waals surface area contributed by atoms with Crippen molar-refractivity contribution in [3.63, 3.8) is 0 Å². The molecule has 1 fully saturated rings. The SMILES string of the molecule is CC(C)(C)c1ccn(C2(C(=O)O)CCN(C(=O)c3cccnn3)CC2)n1. The molecule has 1 aliphatic heterocycles. The number of likely N-dealkylation sites (tertiary alicyclic amines) is 1. The van der Waals surface area contributed by atoms with E-state index in [1.807, 2.05) is 26.8 Å². The van der Waals surface area contributed by atoms with Crippen LogP contribution in [0.3, 0.4) is 0 Å². The molecule has 0 saturated carbocycles. The van der Waals surface area contributed by atoms with Gasteiger partial charge < -0.3 is 10.0 Å². The molecule has 0 radical (unpaired) electrons. The summed E-state index contributed by atoms with van der Waals surface area (Å²) in [6.07, 6.45) is 3.82. The minimum atomic E-state index is -1.14. The highest BCUT2D eigenvalue weighted by molar-refractivity contribution is 5.92. The average Bonchev–Trinajstić information content (AvgIpc) is 3.13. The van der Waals surface area contributed by atoms with Crippen LogP contribution in [0.15, 0.2) is 30.6 Å². The van der Waals surface area contributed by atoms with Gasteiger partial charge in [0.05, 0.1) is 5.69 Å². The molecule has 1 saturated heterocycles. The number of nitrogens with zero attached hydrogens (tertiary/aromatic N) is 5. The van der Waals surface area contributed by atoms with Crippen molar-refractivity contribution in [2.24, 2.45) is 0 Å². The van der Waals surface area contributed by atoms with Crippen molar-refractivity contribution in [2.45, 2.75) is 44.6 Å². The van der Waals surface area contributed by atoms with Crippen molar-refractivity contribution in [3.05, 3.63) is 42.0 Å². The fourth-order valence-corrected chi connectivity index (χ4v) is 3.16. The zero-order chi connectivity index (χ0) is 18.9. The summed E-state index contributed by atoms with van der Waals surface area (Å²) >= 11 is 0. The van der Waals surface area contributed by atoms with Gasteiger partial charge in [0.1, 0.15) is 0 Å². The van der Waals surface area contributed by atoms with Crippen LogP contribution in [0.25, 0.3) is 0 Å². The Bertz CT molecular complexity index is 802. The maximum absolute atomic E-state index is 12.5. The van der Waals surface area contributed by atoms with Gasteiger partial charge in [-0.1, -0.05) is 20.8 Å². The first-order valence-corrected chi connectivity index (χ1v) is 8.61. The lowest BCUT2D eigenvalue weighted by atomic mass is 9.87. The van der Waals surface area contributed by atoms with Gasteiger partial charge >= 0.3 is 5.97 Å². The number of rotatable bonds is 3. The summed E-state index contributed by atoms with van der Waals surface area (Å²) in [5.41, 5.74) is -0.184. The molecule has 1 amide bonds. The molecule has 1 aliphatic rings. The first-order valence-electron chi connectivity index (χ1n) is 8.61. The Kier molecular flexibility index (Phi) is 4.52. The Hall–Kier alpha value is -2.77. The van der Waals surface area contributed by atoms with Crippen LogP contribution in [-0.4, -0.2) is 55.0 Å². The van der Waals surface area contributed by atoms with Gasteiger partial charge in [-0.2, -0.15) is 10.2 Å². The molecule has 138 valence electrons. The van der Waals surface area contributed by atoms with E-state index in [9.17, 15) is 14.7 Å². The predicted octanol–water partition coefficient (Wildman–Crippen LogP) is 1.69. The summed E-state index contributed by atoms with van der Waals surface area (Å²) in [7, 11) is 0. The molecule has 3 rings (SSSR count). The van der Waals surface area contributed by atoms with Crippen molar-refractivity contribution >= 4 is 11.9 Å². The normalized spacial score (nSPS) is 17.1. The molecule has 2 aromatic rings. The number of hydrogen-bond acceptors (Lipinski definition) is 5. The summed E-state index contributed by atoms with van der Waals surface area (Å²) in [6.45, 7) is 6.76. The van der Waals surface area contributed by atoms with Crippen LogP contribution < -0.4 is 0 Å². The van der Waals surface area contributed by atoms with E-state index in [0.717, 1.165) is 5.69 Å². The summed E-state index contributed by atoms with van der Waals surface area (Å²) in [5, 5.41) is 22.0. The highest BCUT2D eigenvalue weighted by Crippen LogP contribution is 2.32. The van der Waals surface area contributed by atoms with Gasteiger partial charge in [-0.25, -0.2) is 4.79 Å². The molecular formula is C18H23N5O3. The van der Waals surface area contributed by atoms with Gasteiger partial charge in [0.25, 0.3) is 5.91 Å². The van der Waals surface area contributed by atoms with Crippen LogP contribution in [0.1, 0.15) is 49.8 Å². The van der Waals surface area contributed by atoms with Crippen LogP contribution in [0.2, 0.25) is 0 Å². The summed E-state index contributed by atoms with van der Waals surface area (Å²) in [4.78, 5) is 26.2. The molecule has 0 aromatic carbocycles. The van der Waals surface area contributed by atoms with E-state index >= 15 is 0 Å². The maximum atomic E-state index is 12.5. The van der Waals surface area contributed by atoms with E-state index in [1.165, 1.54) is 6.20 Å². The van der Waals surface area contributed by atoms with E-state index in [-0.39, 0.29) is 17.0 Å². The first kappa shape index (κ1) is 18.0. The van der Waals surface area contributed by atoms with E-state index in [4.69, 9.17) is 0 Å². The highest BCUT2D eigenvalue weighted by atomic mass is 16.4. The van der Waals surface area contributed by atoms with Crippen molar-refractivity contribution in [2.75, 3.05) is 13.1 Å². The van der Waals surface area contributed by atoms with Crippen molar-refractivity contribution in [1.82, 2.24) is 24.9 Å². The number of carboxylic acids is 1. The van der Waals surface area contributed by atoms with Gasteiger partial charge in [0, 0.05) is 43.7 Å². The van der Waals surface area contributed by atoms with Gasteiger partial charge in [0.15, 0.2) is 11.2 Å². The van der Waals surface area contributed by atoms with Crippen LogP contribution in [-0.2, 0) is 15.7 Å². The summed E-state index contributed by atoms with van der Waals surface area (Å²) < 4.78 is 1.56. The second kappa shape index (κ2) is 6.51. The second-order valence-electron chi connectivity index (χ2n) is 7.63. The number of carboxylic acid groups (broad SMARTS) is 1. The third-order valence-corrected chi connectivity index (χ3v) is 4.86. The molecule has 0 aliphatic carbocycles. The Morgan fingerprint density at radius 1 is 1.19 bits per heavy atom. The molecule has 8 heteroatoms. The highest BCUT2D eigenvalue weighted by Gasteiger charge is 2.45. The number of carbonyl (C=O) groups is 2.